The van der Waals surface area contributed by atoms with Gasteiger partial charge in [0, 0.05) is 18.7 Å². The highest BCUT2D eigenvalue weighted by atomic mass is 19.1. The van der Waals surface area contributed by atoms with Gasteiger partial charge in [0.2, 0.25) is 24.6 Å². The fourth-order valence-electron chi connectivity index (χ4n) is 5.42. The molecule has 9 heteroatoms. The number of hydrogen-bond donors (Lipinski definition) is 3. The van der Waals surface area contributed by atoms with Gasteiger partial charge in [-0.15, -0.1) is 10.2 Å². The molecule has 0 atom stereocenters. The molecule has 2 amide bonds. The maximum atomic E-state index is 13.5. The number of benzene rings is 3. The summed E-state index contributed by atoms with van der Waals surface area (Å²) in [7, 11) is 0. The molecule has 0 saturated carbocycles. The summed E-state index contributed by atoms with van der Waals surface area (Å²) in [6.07, 6.45) is 3.39. The van der Waals surface area contributed by atoms with Crippen molar-refractivity contribution in [2.24, 2.45) is 5.73 Å². The predicted octanol–water partition coefficient (Wildman–Crippen LogP) is 3.15. The van der Waals surface area contributed by atoms with Gasteiger partial charge in [0.15, 0.2) is 0 Å². The van der Waals surface area contributed by atoms with Gasteiger partial charge in [0.05, 0.1) is 0 Å². The highest BCUT2D eigenvalue weighted by molar-refractivity contribution is 5.58. The van der Waals surface area contributed by atoms with Gasteiger partial charge < -0.3 is 20.8 Å². The molecule has 0 spiro atoms. The van der Waals surface area contributed by atoms with Crippen LogP contribution in [0.5, 0.6) is 0 Å². The van der Waals surface area contributed by atoms with Crippen LogP contribution in [0.4, 0.5) is 4.39 Å². The average molecular weight is 514 g/mol. The molecule has 5 rings (SSSR count). The topological polar surface area (TPSA) is 123 Å². The minimum atomic E-state index is -0.825. The normalized spacial score (nSPS) is 13.6. The van der Waals surface area contributed by atoms with Gasteiger partial charge in [-0.3, -0.25) is 9.59 Å². The molecule has 4 N–H and O–H groups in total. The maximum Gasteiger partial charge on any atom is 0.247 e. The number of aryl methyl sites for hydroxylation is 2. The summed E-state index contributed by atoms with van der Waals surface area (Å²) in [5.74, 6) is 0.353. The zero-order chi connectivity index (χ0) is 26.5. The number of nitrogens with two attached hydrogens (primary N) is 1. The number of amides is 2. The van der Waals surface area contributed by atoms with Crippen LogP contribution in [-0.4, -0.2) is 29.6 Å². The number of fused-ring (bicyclic) bond motifs is 2. The van der Waals surface area contributed by atoms with Crippen LogP contribution in [0.25, 0.3) is 11.5 Å². The van der Waals surface area contributed by atoms with Crippen LogP contribution in [-0.2, 0) is 40.9 Å². The quantitative estimate of drug-likeness (QED) is 0.280. The Morgan fingerprint density at radius 2 is 1.45 bits per heavy atom. The van der Waals surface area contributed by atoms with E-state index >= 15 is 0 Å². The smallest absolute Gasteiger partial charge is 0.247 e. The van der Waals surface area contributed by atoms with Gasteiger partial charge in [-0.1, -0.05) is 36.4 Å². The number of carbonyl (C=O) groups is 2. The van der Waals surface area contributed by atoms with Gasteiger partial charge in [0.25, 0.3) is 0 Å². The predicted molar refractivity (Wildman–Crippen MR) is 139 cm³/mol. The summed E-state index contributed by atoms with van der Waals surface area (Å²) >= 11 is 0. The number of halogens is 1. The van der Waals surface area contributed by atoms with E-state index in [1.807, 2.05) is 12.1 Å². The van der Waals surface area contributed by atoms with E-state index in [0.29, 0.717) is 56.2 Å². The van der Waals surface area contributed by atoms with Crippen molar-refractivity contribution in [2.75, 3.05) is 6.54 Å². The molecule has 4 aromatic rings. The lowest BCUT2D eigenvalue weighted by atomic mass is 9.69. The number of aromatic nitrogens is 2. The molecule has 1 heterocycles. The minimum Gasteiger partial charge on any atom is -0.419 e. The Bertz CT molecular complexity index is 1390. The number of nitrogens with zero attached hydrogens (tertiary/aromatic N) is 2. The van der Waals surface area contributed by atoms with E-state index in [2.05, 4.69) is 45.1 Å². The lowest BCUT2D eigenvalue weighted by Gasteiger charge is -2.33. The fraction of sp³-hybridized carbons (Fsp3) is 0.241. The van der Waals surface area contributed by atoms with Crippen molar-refractivity contribution in [3.8, 4) is 11.5 Å². The SMILES string of the molecule is NCCC1(c2nnc(-c3ccc(F)cc3)o2)c2ccc(CNC=O)cc2CCc2cc(CNC=O)ccc21. The molecule has 1 aliphatic carbocycles. The first-order valence-corrected chi connectivity index (χ1v) is 12.5. The minimum absolute atomic E-state index is 0.294. The molecule has 0 aliphatic heterocycles. The van der Waals surface area contributed by atoms with Crippen molar-refractivity contribution in [3.63, 3.8) is 0 Å². The van der Waals surface area contributed by atoms with Crippen LogP contribution in [0.15, 0.2) is 65.1 Å². The molecule has 0 fully saturated rings. The van der Waals surface area contributed by atoms with Crippen LogP contribution in [0.3, 0.4) is 0 Å². The molecule has 3 aromatic carbocycles. The molecule has 8 nitrogen and oxygen atoms in total. The number of carbonyl (C=O) groups excluding carboxylic acids is 2. The molecule has 0 saturated heterocycles. The monoisotopic (exact) mass is 513 g/mol. The van der Waals surface area contributed by atoms with E-state index in [0.717, 1.165) is 46.2 Å². The summed E-state index contributed by atoms with van der Waals surface area (Å²) < 4.78 is 19.9. The fourth-order valence-corrected chi connectivity index (χ4v) is 5.42. The number of rotatable bonds is 10. The van der Waals surface area contributed by atoms with Crippen LogP contribution >= 0.6 is 0 Å². The van der Waals surface area contributed by atoms with Gasteiger partial charge in [-0.05, 0) is 83.5 Å². The molecule has 0 bridgehead atoms. The van der Waals surface area contributed by atoms with Crippen molar-refractivity contribution in [1.29, 1.82) is 0 Å². The lowest BCUT2D eigenvalue weighted by Crippen LogP contribution is -2.34. The molecule has 1 aliphatic rings. The molecule has 1 aromatic heterocycles. The Kier molecular flexibility index (Phi) is 7.28. The first-order chi connectivity index (χ1) is 18.6. The molecule has 194 valence electrons. The second-order valence-electron chi connectivity index (χ2n) is 9.34. The van der Waals surface area contributed by atoms with E-state index in [9.17, 15) is 14.0 Å². The van der Waals surface area contributed by atoms with Crippen molar-refractivity contribution in [1.82, 2.24) is 20.8 Å². The van der Waals surface area contributed by atoms with Gasteiger partial charge in [-0.2, -0.15) is 0 Å². The van der Waals surface area contributed by atoms with Crippen LogP contribution in [0.2, 0.25) is 0 Å². The first kappa shape index (κ1) is 25.3. The molecule has 0 radical (unpaired) electrons. The number of hydrogen-bond acceptors (Lipinski definition) is 6. The summed E-state index contributed by atoms with van der Waals surface area (Å²) in [6, 6.07) is 18.2. The molecular formula is C29H28FN5O3. The third-order valence-electron chi connectivity index (χ3n) is 7.10. The second kappa shape index (κ2) is 10.9. The second-order valence-corrected chi connectivity index (χ2v) is 9.34. The molecule has 0 unspecified atom stereocenters. The largest absolute Gasteiger partial charge is 0.419 e. The summed E-state index contributed by atoms with van der Waals surface area (Å²) in [4.78, 5) is 21.8. The van der Waals surface area contributed by atoms with E-state index < -0.39 is 5.41 Å². The zero-order valence-corrected chi connectivity index (χ0v) is 20.7. The first-order valence-electron chi connectivity index (χ1n) is 12.5. The summed E-state index contributed by atoms with van der Waals surface area (Å²) in [6.45, 7) is 1.20. The summed E-state index contributed by atoms with van der Waals surface area (Å²) in [5.41, 5.74) is 12.3. The Labute approximate surface area is 219 Å². The van der Waals surface area contributed by atoms with E-state index in [4.69, 9.17) is 10.2 Å². The highest BCUT2D eigenvalue weighted by Gasteiger charge is 2.45. The number of nitrogens with one attached hydrogen (secondary N) is 2. The van der Waals surface area contributed by atoms with Crippen LogP contribution < -0.4 is 16.4 Å². The Hall–Kier alpha value is -4.37. The molecule has 38 heavy (non-hydrogen) atoms. The van der Waals surface area contributed by atoms with Crippen LogP contribution in [0.1, 0.15) is 45.7 Å². The van der Waals surface area contributed by atoms with Crippen molar-refractivity contribution >= 4 is 12.8 Å². The Morgan fingerprint density at radius 3 is 1.97 bits per heavy atom. The standard InChI is InChI=1S/C29H28FN5O3/c30-24-7-5-21(6-8-24)27-34-35-28(38-27)29(11-12-31)25-9-1-19(15-32-17-36)13-22(25)3-4-23-14-20(16-33-18-37)2-10-26(23)29/h1-2,5-10,13-14,17-18H,3-4,11-12,15-16,31H2,(H,32,36)(H,33,37). The van der Waals surface area contributed by atoms with Crippen LogP contribution in [0, 0.1) is 5.82 Å². The average Bonchev–Trinajstić information content (AvgIpc) is 3.39. The molecular weight excluding hydrogens is 485 g/mol. The van der Waals surface area contributed by atoms with Gasteiger partial charge in [-0.25, -0.2) is 4.39 Å². The van der Waals surface area contributed by atoms with E-state index in [1.165, 1.54) is 12.1 Å². The lowest BCUT2D eigenvalue weighted by molar-refractivity contribution is -0.110. The van der Waals surface area contributed by atoms with Crippen molar-refractivity contribution in [2.45, 2.75) is 37.8 Å². The summed E-state index contributed by atoms with van der Waals surface area (Å²) in [5, 5.41) is 14.3. The Morgan fingerprint density at radius 1 is 0.868 bits per heavy atom. The zero-order valence-electron chi connectivity index (χ0n) is 20.7. The highest BCUT2D eigenvalue weighted by Crippen LogP contribution is 2.47. The third kappa shape index (κ3) is 4.68. The van der Waals surface area contributed by atoms with Gasteiger partial charge in [0.1, 0.15) is 11.2 Å². The third-order valence-corrected chi connectivity index (χ3v) is 7.10. The Balaban J connectivity index is 1.71. The van der Waals surface area contributed by atoms with Crippen molar-refractivity contribution in [3.05, 3.63) is 106 Å². The van der Waals surface area contributed by atoms with E-state index in [1.54, 1.807) is 12.1 Å². The maximum absolute atomic E-state index is 13.5. The van der Waals surface area contributed by atoms with Crippen molar-refractivity contribution < 1.29 is 18.4 Å². The van der Waals surface area contributed by atoms with E-state index in [-0.39, 0.29) is 5.82 Å². The van der Waals surface area contributed by atoms with Gasteiger partial charge >= 0.3 is 0 Å².